The standard InChI is InChI=1S/C13H15BrF3N/c14-10-1-2-11(15)9(12(10)16)7-13(17)5-3-8(18)4-6-13/h1-2,8H,3-7,18H2. The van der Waals surface area contributed by atoms with Crippen LogP contribution in [0, 0.1) is 11.6 Å². The lowest BCUT2D eigenvalue weighted by Crippen LogP contribution is -2.37. The van der Waals surface area contributed by atoms with Gasteiger partial charge in [0.05, 0.1) is 4.47 Å². The third-order valence-electron chi connectivity index (χ3n) is 3.56. The highest BCUT2D eigenvalue weighted by Crippen LogP contribution is 2.36. The van der Waals surface area contributed by atoms with Gasteiger partial charge in [-0.3, -0.25) is 0 Å². The van der Waals surface area contributed by atoms with Crippen molar-refractivity contribution in [2.24, 2.45) is 5.73 Å². The van der Waals surface area contributed by atoms with Crippen LogP contribution in [0.15, 0.2) is 16.6 Å². The SMILES string of the molecule is NC1CCC(F)(Cc2c(F)ccc(Br)c2F)CC1. The summed E-state index contributed by atoms with van der Waals surface area (Å²) in [5.74, 6) is -1.40. The molecule has 0 heterocycles. The van der Waals surface area contributed by atoms with Crippen molar-refractivity contribution in [1.29, 1.82) is 0 Å². The van der Waals surface area contributed by atoms with Gasteiger partial charge in [0.1, 0.15) is 17.3 Å². The molecule has 0 amide bonds. The summed E-state index contributed by atoms with van der Waals surface area (Å²) in [7, 11) is 0. The van der Waals surface area contributed by atoms with Crippen molar-refractivity contribution in [2.45, 2.75) is 43.8 Å². The van der Waals surface area contributed by atoms with Gasteiger partial charge in [-0.05, 0) is 53.7 Å². The third kappa shape index (κ3) is 2.88. The lowest BCUT2D eigenvalue weighted by molar-refractivity contribution is 0.0972. The Kier molecular flexibility index (Phi) is 4.02. The number of hydrogen-bond donors (Lipinski definition) is 1. The maximum atomic E-state index is 14.5. The summed E-state index contributed by atoms with van der Waals surface area (Å²) in [4.78, 5) is 0. The molecule has 0 atom stereocenters. The fourth-order valence-corrected chi connectivity index (χ4v) is 2.75. The zero-order chi connectivity index (χ0) is 13.3. The van der Waals surface area contributed by atoms with E-state index in [0.717, 1.165) is 6.07 Å². The van der Waals surface area contributed by atoms with E-state index in [-0.39, 0.29) is 35.3 Å². The molecule has 0 aromatic heterocycles. The van der Waals surface area contributed by atoms with Gasteiger partial charge in [0.15, 0.2) is 0 Å². The summed E-state index contributed by atoms with van der Waals surface area (Å²) in [6.07, 6.45) is 1.43. The summed E-state index contributed by atoms with van der Waals surface area (Å²) in [5, 5.41) is 0. The Bertz CT molecular complexity index is 442. The van der Waals surface area contributed by atoms with E-state index in [0.29, 0.717) is 12.8 Å². The molecule has 0 aliphatic heterocycles. The monoisotopic (exact) mass is 321 g/mol. The zero-order valence-corrected chi connectivity index (χ0v) is 11.4. The quantitative estimate of drug-likeness (QED) is 0.822. The van der Waals surface area contributed by atoms with Crippen LogP contribution < -0.4 is 5.73 Å². The van der Waals surface area contributed by atoms with E-state index in [2.05, 4.69) is 15.9 Å². The second-order valence-electron chi connectivity index (χ2n) is 4.99. The van der Waals surface area contributed by atoms with Crippen molar-refractivity contribution in [1.82, 2.24) is 0 Å². The average Bonchev–Trinajstić information content (AvgIpc) is 2.34. The van der Waals surface area contributed by atoms with E-state index >= 15 is 0 Å². The molecule has 2 N–H and O–H groups in total. The molecular weight excluding hydrogens is 307 g/mol. The molecule has 0 spiro atoms. The number of hydrogen-bond acceptors (Lipinski definition) is 1. The molecule has 1 saturated carbocycles. The van der Waals surface area contributed by atoms with Crippen LogP contribution in [0.1, 0.15) is 31.2 Å². The topological polar surface area (TPSA) is 26.0 Å². The predicted molar refractivity (Wildman–Crippen MR) is 68.0 cm³/mol. The van der Waals surface area contributed by atoms with E-state index in [1.165, 1.54) is 6.07 Å². The first kappa shape index (κ1) is 13.9. The van der Waals surface area contributed by atoms with Gasteiger partial charge in [0.2, 0.25) is 0 Å². The molecule has 100 valence electrons. The van der Waals surface area contributed by atoms with E-state index in [4.69, 9.17) is 5.73 Å². The first-order valence-corrected chi connectivity index (χ1v) is 6.77. The van der Waals surface area contributed by atoms with Crippen LogP contribution in [0.3, 0.4) is 0 Å². The van der Waals surface area contributed by atoms with Gasteiger partial charge in [-0.1, -0.05) is 0 Å². The van der Waals surface area contributed by atoms with E-state index < -0.39 is 17.3 Å². The number of rotatable bonds is 2. The molecule has 2 rings (SSSR count). The van der Waals surface area contributed by atoms with Crippen molar-refractivity contribution in [3.63, 3.8) is 0 Å². The van der Waals surface area contributed by atoms with Crippen molar-refractivity contribution in [2.75, 3.05) is 0 Å². The lowest BCUT2D eigenvalue weighted by Gasteiger charge is -2.32. The van der Waals surface area contributed by atoms with Gasteiger partial charge in [-0.2, -0.15) is 0 Å². The Morgan fingerprint density at radius 3 is 2.50 bits per heavy atom. The molecule has 0 unspecified atom stereocenters. The summed E-state index contributed by atoms with van der Waals surface area (Å²) >= 11 is 2.99. The molecule has 1 aromatic carbocycles. The number of alkyl halides is 1. The molecular formula is C13H15BrF3N. The normalized spacial score (nSPS) is 28.4. The Labute approximate surface area is 113 Å². The molecule has 1 nitrogen and oxygen atoms in total. The number of halogens is 4. The fourth-order valence-electron chi connectivity index (χ4n) is 2.38. The third-order valence-corrected chi connectivity index (χ3v) is 4.17. The Hall–Kier alpha value is -0.550. The van der Waals surface area contributed by atoms with Crippen LogP contribution in [0.4, 0.5) is 13.2 Å². The largest absolute Gasteiger partial charge is 0.328 e. The molecule has 0 radical (unpaired) electrons. The van der Waals surface area contributed by atoms with Crippen LogP contribution in [0.5, 0.6) is 0 Å². The van der Waals surface area contributed by atoms with Crippen molar-refractivity contribution in [3.05, 3.63) is 33.8 Å². The second-order valence-corrected chi connectivity index (χ2v) is 5.84. The predicted octanol–water partition coefficient (Wildman–Crippen LogP) is 3.88. The number of nitrogens with two attached hydrogens (primary N) is 1. The number of benzene rings is 1. The molecule has 0 bridgehead atoms. The maximum absolute atomic E-state index is 14.5. The second kappa shape index (κ2) is 5.21. The minimum Gasteiger partial charge on any atom is -0.328 e. The summed E-state index contributed by atoms with van der Waals surface area (Å²) in [6.45, 7) is 0. The zero-order valence-electron chi connectivity index (χ0n) is 9.86. The van der Waals surface area contributed by atoms with Gasteiger partial charge in [0, 0.05) is 18.0 Å². The van der Waals surface area contributed by atoms with E-state index in [1.807, 2.05) is 0 Å². The molecule has 1 aromatic rings. The van der Waals surface area contributed by atoms with Gasteiger partial charge >= 0.3 is 0 Å². The van der Waals surface area contributed by atoms with Gasteiger partial charge in [0.25, 0.3) is 0 Å². The molecule has 18 heavy (non-hydrogen) atoms. The Morgan fingerprint density at radius 1 is 1.28 bits per heavy atom. The Morgan fingerprint density at radius 2 is 1.89 bits per heavy atom. The molecule has 1 fully saturated rings. The Balaban J connectivity index is 2.21. The van der Waals surface area contributed by atoms with Gasteiger partial charge in [-0.25, -0.2) is 13.2 Å². The summed E-state index contributed by atoms with van der Waals surface area (Å²) in [6, 6.07) is 2.45. The molecule has 1 aliphatic carbocycles. The fraction of sp³-hybridized carbons (Fsp3) is 0.538. The van der Waals surface area contributed by atoms with Crippen molar-refractivity contribution in [3.8, 4) is 0 Å². The minimum absolute atomic E-state index is 0.00563. The van der Waals surface area contributed by atoms with Crippen molar-refractivity contribution >= 4 is 15.9 Å². The molecule has 5 heteroatoms. The first-order valence-electron chi connectivity index (χ1n) is 5.98. The van der Waals surface area contributed by atoms with Crippen LogP contribution in [0.25, 0.3) is 0 Å². The van der Waals surface area contributed by atoms with Crippen LogP contribution >= 0.6 is 15.9 Å². The lowest BCUT2D eigenvalue weighted by atomic mass is 9.80. The summed E-state index contributed by atoms with van der Waals surface area (Å²) < 4.78 is 42.0. The highest BCUT2D eigenvalue weighted by molar-refractivity contribution is 9.10. The van der Waals surface area contributed by atoms with Gasteiger partial charge in [-0.15, -0.1) is 0 Å². The summed E-state index contributed by atoms with van der Waals surface area (Å²) in [5.41, 5.74) is 3.99. The molecule has 1 aliphatic rings. The highest BCUT2D eigenvalue weighted by Gasteiger charge is 2.36. The molecule has 0 saturated heterocycles. The van der Waals surface area contributed by atoms with E-state index in [9.17, 15) is 13.2 Å². The average molecular weight is 322 g/mol. The first-order chi connectivity index (χ1) is 8.41. The van der Waals surface area contributed by atoms with Crippen LogP contribution in [-0.2, 0) is 6.42 Å². The smallest absolute Gasteiger partial charge is 0.143 e. The van der Waals surface area contributed by atoms with Crippen molar-refractivity contribution < 1.29 is 13.2 Å². The van der Waals surface area contributed by atoms with Crippen LogP contribution in [0.2, 0.25) is 0 Å². The van der Waals surface area contributed by atoms with E-state index in [1.54, 1.807) is 0 Å². The van der Waals surface area contributed by atoms with Gasteiger partial charge < -0.3 is 5.73 Å². The van der Waals surface area contributed by atoms with Crippen LogP contribution in [-0.4, -0.2) is 11.7 Å². The highest BCUT2D eigenvalue weighted by atomic mass is 79.9. The minimum atomic E-state index is -1.54. The maximum Gasteiger partial charge on any atom is 0.143 e.